The van der Waals surface area contributed by atoms with Gasteiger partial charge in [-0.1, -0.05) is 87.4 Å². The van der Waals surface area contributed by atoms with Crippen LogP contribution in [0.25, 0.3) is 21.2 Å². The molecule has 0 fully saturated rings. The van der Waals surface area contributed by atoms with E-state index in [1.165, 1.54) is 70.9 Å². The Morgan fingerprint density at radius 1 is 0.714 bits per heavy atom. The van der Waals surface area contributed by atoms with Crippen molar-refractivity contribution in [1.29, 1.82) is 0 Å². The second-order valence-corrected chi connectivity index (χ2v) is 13.6. The van der Waals surface area contributed by atoms with E-state index in [9.17, 15) is 0 Å². The van der Waals surface area contributed by atoms with Gasteiger partial charge in [-0.2, -0.15) is 0 Å². The Morgan fingerprint density at radius 3 is 2.17 bits per heavy atom. The van der Waals surface area contributed by atoms with Crippen LogP contribution < -0.4 is 25.5 Å². The summed E-state index contributed by atoms with van der Waals surface area (Å²) < 4.78 is 2.74. The van der Waals surface area contributed by atoms with Crippen LogP contribution in [0.4, 0.5) is 34.1 Å². The second-order valence-electron chi connectivity index (χ2n) is 12.5. The van der Waals surface area contributed by atoms with Gasteiger partial charge in [0.1, 0.15) is 0 Å². The Hall–Kier alpha value is -4.72. The average molecular weight is 555 g/mol. The number of anilines is 6. The van der Waals surface area contributed by atoms with Crippen molar-refractivity contribution in [3.8, 4) is 23.5 Å². The zero-order chi connectivity index (χ0) is 28.3. The van der Waals surface area contributed by atoms with Crippen molar-refractivity contribution >= 4 is 78.0 Å². The smallest absolute Gasteiger partial charge is 0.264 e. The number of thiophene rings is 1. The molecular formula is C38H27BN2S. The summed E-state index contributed by atoms with van der Waals surface area (Å²) in [5.74, 6) is 3.00. The molecule has 0 unspecified atom stereocenters. The monoisotopic (exact) mass is 554 g/mol. The molecule has 0 N–H and O–H groups in total. The predicted molar refractivity (Wildman–Crippen MR) is 181 cm³/mol. The summed E-state index contributed by atoms with van der Waals surface area (Å²) in [6, 6.07) is 38.0. The van der Waals surface area contributed by atoms with Crippen molar-refractivity contribution in [2.75, 3.05) is 9.80 Å². The van der Waals surface area contributed by atoms with Crippen molar-refractivity contribution in [3.05, 3.63) is 114 Å². The van der Waals surface area contributed by atoms with Crippen LogP contribution in [0, 0.1) is 12.3 Å². The maximum absolute atomic E-state index is 6.18. The lowest BCUT2D eigenvalue weighted by atomic mass is 9.36. The molecule has 0 saturated carbocycles. The van der Waals surface area contributed by atoms with Crippen LogP contribution in [0.1, 0.15) is 31.9 Å². The summed E-state index contributed by atoms with van der Waals surface area (Å²) in [4.78, 5) is 4.93. The van der Waals surface area contributed by atoms with Gasteiger partial charge in [-0.15, -0.1) is 17.8 Å². The van der Waals surface area contributed by atoms with Crippen molar-refractivity contribution in [1.82, 2.24) is 0 Å². The van der Waals surface area contributed by atoms with Crippen LogP contribution in [-0.4, -0.2) is 6.71 Å². The fourth-order valence-electron chi connectivity index (χ4n) is 7.31. The van der Waals surface area contributed by atoms with Gasteiger partial charge < -0.3 is 9.80 Å². The minimum Gasteiger partial charge on any atom is -0.311 e. The van der Waals surface area contributed by atoms with E-state index in [0.717, 1.165) is 11.3 Å². The maximum atomic E-state index is 6.18. The van der Waals surface area contributed by atoms with Crippen LogP contribution in [0.3, 0.4) is 0 Å². The van der Waals surface area contributed by atoms with Crippen molar-refractivity contribution < 1.29 is 0 Å². The molecule has 0 radical (unpaired) electrons. The SMILES string of the molecule is C#Cc1cc2c3c(c1)N1c4ccccc4-c4cccc5sc(c1c45)B3c1ccccc1N2c1ccc(C(C)(C)C)cc1. The molecule has 198 valence electrons. The lowest BCUT2D eigenvalue weighted by Crippen LogP contribution is -2.60. The van der Waals surface area contributed by atoms with Gasteiger partial charge in [0.2, 0.25) is 0 Å². The van der Waals surface area contributed by atoms with Crippen LogP contribution in [0.15, 0.2) is 103 Å². The molecule has 0 bridgehead atoms. The predicted octanol–water partition coefficient (Wildman–Crippen LogP) is 8.24. The fourth-order valence-corrected chi connectivity index (χ4v) is 8.66. The fraction of sp³-hybridized carbons (Fsp3) is 0.105. The number of rotatable bonds is 1. The highest BCUT2D eigenvalue weighted by atomic mass is 32.1. The number of nitrogens with zero attached hydrogens (tertiary/aromatic N) is 2. The Labute approximate surface area is 250 Å². The lowest BCUT2D eigenvalue weighted by molar-refractivity contribution is 0.590. The molecule has 0 aliphatic carbocycles. The molecular weight excluding hydrogens is 527 g/mol. The molecule has 4 heteroatoms. The van der Waals surface area contributed by atoms with Crippen LogP contribution in [0.2, 0.25) is 0 Å². The molecule has 4 heterocycles. The first-order chi connectivity index (χ1) is 20.4. The highest BCUT2D eigenvalue weighted by Gasteiger charge is 2.46. The number of fused-ring (bicyclic) bond motifs is 7. The Morgan fingerprint density at radius 2 is 1.40 bits per heavy atom. The first-order valence-corrected chi connectivity index (χ1v) is 15.3. The lowest BCUT2D eigenvalue weighted by Gasteiger charge is -2.44. The number of benzene rings is 5. The van der Waals surface area contributed by atoms with Crippen molar-refractivity contribution in [2.45, 2.75) is 26.2 Å². The zero-order valence-corrected chi connectivity index (χ0v) is 24.6. The second kappa shape index (κ2) is 8.19. The minimum absolute atomic E-state index is 0.0874. The third kappa shape index (κ3) is 3.02. The molecule has 5 aromatic carbocycles. The minimum atomic E-state index is 0.0874. The van der Waals surface area contributed by atoms with Crippen molar-refractivity contribution in [3.63, 3.8) is 0 Å². The van der Waals surface area contributed by atoms with E-state index >= 15 is 0 Å². The van der Waals surface area contributed by atoms with Gasteiger partial charge in [-0.3, -0.25) is 0 Å². The standard InChI is InChI=1S/C38H27BN2S/c1-5-23-21-31-35-32(22-23)41-29-14-8-6-11-26(29)27-12-10-16-33-34(27)36(41)37(42-33)39(35)28-13-7-9-15-30(28)40(31)25-19-17-24(18-20-25)38(2,3)4/h1,6-22H,2-4H3. The number of terminal acetylenes is 1. The highest BCUT2D eigenvalue weighted by Crippen LogP contribution is 2.54. The normalized spacial score (nSPS) is 13.9. The highest BCUT2D eigenvalue weighted by molar-refractivity contribution is 7.33. The van der Waals surface area contributed by atoms with Gasteiger partial charge in [-0.25, -0.2) is 0 Å². The quantitative estimate of drug-likeness (QED) is 0.149. The van der Waals surface area contributed by atoms with Crippen LogP contribution in [0.5, 0.6) is 0 Å². The third-order valence-electron chi connectivity index (χ3n) is 9.19. The van der Waals surface area contributed by atoms with Crippen LogP contribution in [-0.2, 0) is 5.41 Å². The summed E-state index contributed by atoms with van der Waals surface area (Å²) in [6.07, 6.45) is 6.18. The summed E-state index contributed by atoms with van der Waals surface area (Å²) in [7, 11) is 0. The van der Waals surface area contributed by atoms with Gasteiger partial charge in [-0.05, 0) is 69.9 Å². The van der Waals surface area contributed by atoms with E-state index in [-0.39, 0.29) is 12.1 Å². The molecule has 3 aliphatic rings. The molecule has 1 aromatic heterocycles. The first kappa shape index (κ1) is 23.9. The molecule has 0 amide bonds. The molecule has 0 saturated heterocycles. The van der Waals surface area contributed by atoms with Crippen LogP contribution >= 0.6 is 11.3 Å². The molecule has 2 nitrogen and oxygen atoms in total. The number of hydrogen-bond donors (Lipinski definition) is 0. The van der Waals surface area contributed by atoms with E-state index in [2.05, 4.69) is 140 Å². The van der Waals surface area contributed by atoms with E-state index in [1.54, 1.807) is 0 Å². The molecule has 9 rings (SSSR count). The maximum Gasteiger partial charge on any atom is 0.264 e. The van der Waals surface area contributed by atoms with Gasteiger partial charge in [0.15, 0.2) is 0 Å². The Balaban J connectivity index is 1.40. The number of para-hydroxylation sites is 2. The van der Waals surface area contributed by atoms with E-state index in [1.807, 2.05) is 11.3 Å². The van der Waals surface area contributed by atoms with Gasteiger partial charge >= 0.3 is 0 Å². The molecule has 42 heavy (non-hydrogen) atoms. The molecule has 3 aliphatic heterocycles. The van der Waals surface area contributed by atoms with E-state index in [4.69, 9.17) is 6.42 Å². The Bertz CT molecular complexity index is 2160. The number of hydrogen-bond acceptors (Lipinski definition) is 3. The van der Waals surface area contributed by atoms with Gasteiger partial charge in [0.05, 0.1) is 11.4 Å². The molecule has 6 aromatic rings. The topological polar surface area (TPSA) is 6.48 Å². The largest absolute Gasteiger partial charge is 0.311 e. The zero-order valence-electron chi connectivity index (χ0n) is 23.8. The average Bonchev–Trinajstić information content (AvgIpc) is 3.40. The molecule has 0 spiro atoms. The summed E-state index contributed by atoms with van der Waals surface area (Å²) in [5.41, 5.74) is 14.8. The van der Waals surface area contributed by atoms with Crippen molar-refractivity contribution in [2.24, 2.45) is 0 Å². The van der Waals surface area contributed by atoms with Gasteiger partial charge in [0, 0.05) is 48.7 Å². The first-order valence-electron chi connectivity index (χ1n) is 14.5. The Kier molecular flexibility index (Phi) is 4.67. The summed E-state index contributed by atoms with van der Waals surface area (Å²) in [6.45, 7) is 6.92. The third-order valence-corrected chi connectivity index (χ3v) is 10.4. The summed E-state index contributed by atoms with van der Waals surface area (Å²) in [5, 5.41) is 1.35. The summed E-state index contributed by atoms with van der Waals surface area (Å²) >= 11 is 1.94. The van der Waals surface area contributed by atoms with Gasteiger partial charge in [0.25, 0.3) is 6.71 Å². The molecule has 0 atom stereocenters. The van der Waals surface area contributed by atoms with E-state index < -0.39 is 0 Å². The van der Waals surface area contributed by atoms with E-state index in [0.29, 0.717) is 0 Å².